The molecule has 3 rings (SSSR count). The number of benzene rings is 1. The molecule has 3 heteroatoms. The molecule has 0 aliphatic heterocycles. The molecule has 0 radical (unpaired) electrons. The molecule has 1 aromatic rings. The van der Waals surface area contributed by atoms with Crippen LogP contribution in [-0.4, -0.2) is 19.1 Å². The van der Waals surface area contributed by atoms with Gasteiger partial charge in [0.05, 0.1) is 12.5 Å². The Hall–Kier alpha value is -1.51. The highest BCUT2D eigenvalue weighted by molar-refractivity contribution is 5.92. The van der Waals surface area contributed by atoms with E-state index in [0.717, 1.165) is 37.0 Å². The fourth-order valence-corrected chi connectivity index (χ4v) is 3.35. The van der Waals surface area contributed by atoms with Crippen LogP contribution in [0.3, 0.4) is 0 Å². The van der Waals surface area contributed by atoms with Gasteiger partial charge in [-0.25, -0.2) is 0 Å². The number of amides is 1. The summed E-state index contributed by atoms with van der Waals surface area (Å²) in [5.74, 6) is 1.04. The molecule has 0 heterocycles. The molecule has 2 fully saturated rings. The Morgan fingerprint density at radius 3 is 2.55 bits per heavy atom. The Bertz CT molecular complexity index is 488. The molecule has 2 aliphatic carbocycles. The van der Waals surface area contributed by atoms with Gasteiger partial charge in [0.25, 0.3) is 0 Å². The molecule has 20 heavy (non-hydrogen) atoms. The molecule has 0 spiro atoms. The average molecular weight is 273 g/mol. The minimum atomic E-state index is -0.329. The normalized spacial score (nSPS) is 21.2. The van der Waals surface area contributed by atoms with E-state index < -0.39 is 0 Å². The summed E-state index contributed by atoms with van der Waals surface area (Å²) in [5.41, 5.74) is 0.722. The van der Waals surface area contributed by atoms with E-state index in [1.165, 1.54) is 19.3 Å². The minimum absolute atomic E-state index is 0.203. The molecular formula is C17H23NO2. The van der Waals surface area contributed by atoms with Crippen LogP contribution in [0, 0.1) is 0 Å². The fraction of sp³-hybridized carbons (Fsp3) is 0.588. The van der Waals surface area contributed by atoms with Crippen LogP contribution in [0.4, 0.5) is 0 Å². The minimum Gasteiger partial charge on any atom is -0.496 e. The van der Waals surface area contributed by atoms with Gasteiger partial charge >= 0.3 is 0 Å². The monoisotopic (exact) mass is 273 g/mol. The number of hydrogen-bond donors (Lipinski definition) is 1. The van der Waals surface area contributed by atoms with Crippen LogP contribution in [0.1, 0.15) is 50.5 Å². The predicted octanol–water partition coefficient (Wildman–Crippen LogP) is 3.18. The lowest BCUT2D eigenvalue weighted by molar-refractivity contribution is -0.124. The van der Waals surface area contributed by atoms with Gasteiger partial charge in [0.1, 0.15) is 5.75 Å². The van der Waals surface area contributed by atoms with Gasteiger partial charge in [-0.15, -0.1) is 0 Å². The summed E-state index contributed by atoms with van der Waals surface area (Å²) in [7, 11) is 1.67. The molecule has 108 valence electrons. The number of carbonyl (C=O) groups excluding carboxylic acids is 1. The molecule has 3 nitrogen and oxygen atoms in total. The van der Waals surface area contributed by atoms with Crippen LogP contribution in [0.5, 0.6) is 5.75 Å². The van der Waals surface area contributed by atoms with Gasteiger partial charge in [-0.1, -0.05) is 37.5 Å². The van der Waals surface area contributed by atoms with Crippen molar-refractivity contribution >= 4 is 5.91 Å². The zero-order valence-electron chi connectivity index (χ0n) is 12.2. The third-order valence-electron chi connectivity index (χ3n) is 4.75. The van der Waals surface area contributed by atoms with E-state index in [4.69, 9.17) is 4.74 Å². The summed E-state index contributed by atoms with van der Waals surface area (Å²) < 4.78 is 5.43. The summed E-state index contributed by atoms with van der Waals surface area (Å²) in [4.78, 5) is 12.7. The van der Waals surface area contributed by atoms with Crippen molar-refractivity contribution in [1.82, 2.24) is 5.32 Å². The van der Waals surface area contributed by atoms with Crippen molar-refractivity contribution in [2.24, 2.45) is 0 Å². The summed E-state index contributed by atoms with van der Waals surface area (Å²) in [5, 5.41) is 3.28. The van der Waals surface area contributed by atoms with Crippen molar-refractivity contribution in [2.45, 2.75) is 56.4 Å². The molecule has 0 bridgehead atoms. The van der Waals surface area contributed by atoms with Gasteiger partial charge in [-0.2, -0.15) is 0 Å². The smallest absolute Gasteiger partial charge is 0.231 e. The SMILES string of the molecule is COc1ccccc1C1(C(=O)NC2CCCCC2)CC1. The summed E-state index contributed by atoms with van der Waals surface area (Å²) in [6, 6.07) is 8.31. The number of nitrogens with one attached hydrogen (secondary N) is 1. The molecule has 0 aromatic heterocycles. The van der Waals surface area contributed by atoms with E-state index in [9.17, 15) is 4.79 Å². The van der Waals surface area contributed by atoms with Gasteiger partial charge in [0.2, 0.25) is 5.91 Å². The average Bonchev–Trinajstić information content (AvgIpc) is 3.30. The molecular weight excluding hydrogens is 250 g/mol. The van der Waals surface area contributed by atoms with Crippen molar-refractivity contribution in [3.8, 4) is 5.75 Å². The Labute approximate surface area is 120 Å². The third kappa shape index (κ3) is 2.41. The van der Waals surface area contributed by atoms with Crippen molar-refractivity contribution in [3.05, 3.63) is 29.8 Å². The summed E-state index contributed by atoms with van der Waals surface area (Å²) in [6.07, 6.45) is 7.93. The second-order valence-electron chi connectivity index (χ2n) is 6.09. The number of hydrogen-bond acceptors (Lipinski definition) is 2. The van der Waals surface area contributed by atoms with E-state index in [2.05, 4.69) is 5.32 Å². The second-order valence-corrected chi connectivity index (χ2v) is 6.09. The third-order valence-corrected chi connectivity index (χ3v) is 4.75. The molecule has 1 aromatic carbocycles. The van der Waals surface area contributed by atoms with Gasteiger partial charge in [0.15, 0.2) is 0 Å². The van der Waals surface area contributed by atoms with E-state index in [1.807, 2.05) is 24.3 Å². The summed E-state index contributed by atoms with van der Waals surface area (Å²) in [6.45, 7) is 0. The second kappa shape index (κ2) is 5.47. The molecule has 0 saturated heterocycles. The van der Waals surface area contributed by atoms with Crippen LogP contribution >= 0.6 is 0 Å². The van der Waals surface area contributed by atoms with E-state index in [1.54, 1.807) is 7.11 Å². The van der Waals surface area contributed by atoms with Crippen molar-refractivity contribution in [2.75, 3.05) is 7.11 Å². The lowest BCUT2D eigenvalue weighted by Crippen LogP contribution is -2.42. The van der Waals surface area contributed by atoms with Crippen LogP contribution in [0.25, 0.3) is 0 Å². The standard InChI is InChI=1S/C17H23NO2/c1-20-15-10-6-5-9-14(15)17(11-12-17)16(19)18-13-7-3-2-4-8-13/h5-6,9-10,13H,2-4,7-8,11-12H2,1H3,(H,18,19). The quantitative estimate of drug-likeness (QED) is 0.915. The molecule has 0 atom stereocenters. The fourth-order valence-electron chi connectivity index (χ4n) is 3.35. The highest BCUT2D eigenvalue weighted by Crippen LogP contribution is 2.51. The Kier molecular flexibility index (Phi) is 3.68. The Morgan fingerprint density at radius 1 is 1.20 bits per heavy atom. The zero-order valence-corrected chi connectivity index (χ0v) is 12.2. The maximum absolute atomic E-state index is 12.7. The summed E-state index contributed by atoms with van der Waals surface area (Å²) >= 11 is 0. The Morgan fingerprint density at radius 2 is 1.90 bits per heavy atom. The molecule has 1 N–H and O–H groups in total. The van der Waals surface area contributed by atoms with Crippen molar-refractivity contribution < 1.29 is 9.53 Å². The largest absolute Gasteiger partial charge is 0.496 e. The lowest BCUT2D eigenvalue weighted by atomic mass is 9.91. The van der Waals surface area contributed by atoms with Crippen molar-refractivity contribution in [1.29, 1.82) is 0 Å². The van der Waals surface area contributed by atoms with Gasteiger partial charge in [0, 0.05) is 11.6 Å². The number of carbonyl (C=O) groups is 1. The van der Waals surface area contributed by atoms with Gasteiger partial charge in [-0.05, 0) is 31.7 Å². The van der Waals surface area contributed by atoms with Crippen LogP contribution in [0.15, 0.2) is 24.3 Å². The van der Waals surface area contributed by atoms with Crippen LogP contribution in [0.2, 0.25) is 0 Å². The highest BCUT2D eigenvalue weighted by atomic mass is 16.5. The van der Waals surface area contributed by atoms with Gasteiger partial charge < -0.3 is 10.1 Å². The van der Waals surface area contributed by atoms with Crippen LogP contribution in [-0.2, 0) is 10.2 Å². The lowest BCUT2D eigenvalue weighted by Gasteiger charge is -2.26. The molecule has 0 unspecified atom stereocenters. The number of para-hydroxylation sites is 1. The Balaban J connectivity index is 1.76. The highest BCUT2D eigenvalue weighted by Gasteiger charge is 2.53. The number of ether oxygens (including phenoxy) is 1. The molecule has 2 aliphatic rings. The maximum atomic E-state index is 12.7. The molecule has 2 saturated carbocycles. The first-order chi connectivity index (χ1) is 9.76. The first-order valence-corrected chi connectivity index (χ1v) is 7.71. The van der Waals surface area contributed by atoms with Crippen molar-refractivity contribution in [3.63, 3.8) is 0 Å². The maximum Gasteiger partial charge on any atom is 0.231 e. The number of rotatable bonds is 4. The van der Waals surface area contributed by atoms with E-state index in [0.29, 0.717) is 6.04 Å². The van der Waals surface area contributed by atoms with Gasteiger partial charge in [-0.3, -0.25) is 4.79 Å². The first kappa shape index (κ1) is 13.5. The van der Waals surface area contributed by atoms with Crippen LogP contribution < -0.4 is 10.1 Å². The first-order valence-electron chi connectivity index (χ1n) is 7.71. The number of methoxy groups -OCH3 is 1. The van der Waals surface area contributed by atoms with E-state index >= 15 is 0 Å². The van der Waals surface area contributed by atoms with E-state index in [-0.39, 0.29) is 11.3 Å². The molecule has 1 amide bonds. The topological polar surface area (TPSA) is 38.3 Å². The zero-order chi connectivity index (χ0) is 14.0. The predicted molar refractivity (Wildman–Crippen MR) is 78.9 cm³/mol.